The highest BCUT2D eigenvalue weighted by Crippen LogP contribution is 2.10. The summed E-state index contributed by atoms with van der Waals surface area (Å²) in [5, 5.41) is 6.08. The Morgan fingerprint density at radius 2 is 2.29 bits per heavy atom. The summed E-state index contributed by atoms with van der Waals surface area (Å²) in [6, 6.07) is 0.346. The fraction of sp³-hybridized carbons (Fsp3) is 0.667. The molecule has 94 valence electrons. The largest absolute Gasteiger partial charge is 0.353 e. The molecule has 0 unspecified atom stereocenters. The van der Waals surface area contributed by atoms with Crippen molar-refractivity contribution in [2.45, 2.75) is 32.2 Å². The van der Waals surface area contributed by atoms with Crippen molar-refractivity contribution in [2.75, 3.05) is 20.1 Å². The molecule has 1 aromatic heterocycles. The SMILES string of the molecule is Cc1nc(CC(=O)NC2CCN(C)CC2)cs1. The number of likely N-dealkylation sites (tertiary alicyclic amines) is 1. The third-order valence-corrected chi connectivity index (χ3v) is 3.91. The van der Waals surface area contributed by atoms with Gasteiger partial charge in [0.2, 0.25) is 5.91 Å². The first-order valence-corrected chi connectivity index (χ1v) is 6.90. The number of aromatic nitrogens is 1. The van der Waals surface area contributed by atoms with Gasteiger partial charge in [-0.15, -0.1) is 11.3 Å². The number of carbonyl (C=O) groups excluding carboxylic acids is 1. The van der Waals surface area contributed by atoms with E-state index in [-0.39, 0.29) is 5.91 Å². The topological polar surface area (TPSA) is 45.2 Å². The Hall–Kier alpha value is -0.940. The van der Waals surface area contributed by atoms with Crippen molar-refractivity contribution in [3.05, 3.63) is 16.1 Å². The van der Waals surface area contributed by atoms with Crippen molar-refractivity contribution in [1.82, 2.24) is 15.2 Å². The van der Waals surface area contributed by atoms with E-state index in [1.807, 2.05) is 12.3 Å². The number of nitrogens with one attached hydrogen (secondary N) is 1. The minimum Gasteiger partial charge on any atom is -0.353 e. The lowest BCUT2D eigenvalue weighted by atomic mass is 10.1. The maximum atomic E-state index is 11.8. The van der Waals surface area contributed by atoms with Crippen LogP contribution in [0.15, 0.2) is 5.38 Å². The molecular formula is C12H19N3OS. The Morgan fingerprint density at radius 3 is 2.88 bits per heavy atom. The lowest BCUT2D eigenvalue weighted by Gasteiger charge is -2.29. The zero-order valence-corrected chi connectivity index (χ0v) is 11.2. The van der Waals surface area contributed by atoms with Crippen LogP contribution in [0.5, 0.6) is 0 Å². The van der Waals surface area contributed by atoms with Gasteiger partial charge >= 0.3 is 0 Å². The van der Waals surface area contributed by atoms with Gasteiger partial charge in [-0.3, -0.25) is 4.79 Å². The van der Waals surface area contributed by atoms with Crippen molar-refractivity contribution < 1.29 is 4.79 Å². The molecule has 1 amide bonds. The van der Waals surface area contributed by atoms with Gasteiger partial charge in [-0.2, -0.15) is 0 Å². The van der Waals surface area contributed by atoms with Crippen LogP contribution >= 0.6 is 11.3 Å². The van der Waals surface area contributed by atoms with Crippen molar-refractivity contribution in [2.24, 2.45) is 0 Å². The molecule has 0 spiro atoms. The molecule has 0 aliphatic carbocycles. The number of nitrogens with zero attached hydrogens (tertiary/aromatic N) is 2. The second-order valence-electron chi connectivity index (χ2n) is 4.68. The quantitative estimate of drug-likeness (QED) is 0.880. The maximum absolute atomic E-state index is 11.8. The standard InChI is InChI=1S/C12H19N3OS/c1-9-13-11(8-17-9)7-12(16)14-10-3-5-15(2)6-4-10/h8,10H,3-7H2,1-2H3,(H,14,16). The van der Waals surface area contributed by atoms with Gasteiger partial charge in [0, 0.05) is 11.4 Å². The summed E-state index contributed by atoms with van der Waals surface area (Å²) in [7, 11) is 2.12. The molecule has 17 heavy (non-hydrogen) atoms. The zero-order valence-electron chi connectivity index (χ0n) is 10.4. The lowest BCUT2D eigenvalue weighted by Crippen LogP contribution is -2.43. The molecule has 0 radical (unpaired) electrons. The van der Waals surface area contributed by atoms with Gasteiger partial charge in [-0.05, 0) is 39.9 Å². The molecule has 1 aliphatic heterocycles. The monoisotopic (exact) mass is 253 g/mol. The summed E-state index contributed by atoms with van der Waals surface area (Å²) in [5.41, 5.74) is 0.887. The van der Waals surface area contributed by atoms with Gasteiger partial charge in [-0.25, -0.2) is 4.98 Å². The molecule has 1 N–H and O–H groups in total. The van der Waals surface area contributed by atoms with Gasteiger partial charge < -0.3 is 10.2 Å². The number of hydrogen-bond donors (Lipinski definition) is 1. The van der Waals surface area contributed by atoms with E-state index in [1.54, 1.807) is 11.3 Å². The summed E-state index contributed by atoms with van der Waals surface area (Å²) in [4.78, 5) is 18.4. The number of piperidine rings is 1. The first kappa shape index (κ1) is 12.5. The molecule has 5 heteroatoms. The summed E-state index contributed by atoms with van der Waals surface area (Å²) >= 11 is 1.59. The molecule has 1 aliphatic rings. The van der Waals surface area contributed by atoms with Gasteiger partial charge in [0.25, 0.3) is 0 Å². The summed E-state index contributed by atoms with van der Waals surface area (Å²) in [6.45, 7) is 4.10. The molecule has 0 bridgehead atoms. The van der Waals surface area contributed by atoms with Crippen LogP contribution in [-0.2, 0) is 11.2 Å². The van der Waals surface area contributed by atoms with Crippen molar-refractivity contribution >= 4 is 17.2 Å². The highest BCUT2D eigenvalue weighted by molar-refractivity contribution is 7.09. The van der Waals surface area contributed by atoms with E-state index < -0.39 is 0 Å². The average molecular weight is 253 g/mol. The van der Waals surface area contributed by atoms with Crippen molar-refractivity contribution in [1.29, 1.82) is 0 Å². The Morgan fingerprint density at radius 1 is 1.59 bits per heavy atom. The van der Waals surface area contributed by atoms with Gasteiger partial charge in [0.15, 0.2) is 0 Å². The molecule has 2 heterocycles. The first-order chi connectivity index (χ1) is 8.13. The molecule has 0 aromatic carbocycles. The molecular weight excluding hydrogens is 234 g/mol. The predicted octanol–water partition coefficient (Wildman–Crippen LogP) is 1.20. The van der Waals surface area contributed by atoms with Crippen LogP contribution in [0.4, 0.5) is 0 Å². The second kappa shape index (κ2) is 5.60. The van der Waals surface area contributed by atoms with E-state index in [4.69, 9.17) is 0 Å². The van der Waals surface area contributed by atoms with Crippen LogP contribution in [0.3, 0.4) is 0 Å². The highest BCUT2D eigenvalue weighted by Gasteiger charge is 2.18. The van der Waals surface area contributed by atoms with E-state index in [0.29, 0.717) is 12.5 Å². The van der Waals surface area contributed by atoms with Gasteiger partial charge in [0.05, 0.1) is 17.1 Å². The van der Waals surface area contributed by atoms with E-state index >= 15 is 0 Å². The van der Waals surface area contributed by atoms with Gasteiger partial charge in [-0.1, -0.05) is 0 Å². The van der Waals surface area contributed by atoms with Crippen LogP contribution in [0.25, 0.3) is 0 Å². The number of hydrogen-bond acceptors (Lipinski definition) is 4. The number of carbonyl (C=O) groups is 1. The summed E-state index contributed by atoms with van der Waals surface area (Å²) < 4.78 is 0. The molecule has 4 nitrogen and oxygen atoms in total. The Labute approximate surface area is 106 Å². The minimum absolute atomic E-state index is 0.102. The minimum atomic E-state index is 0.102. The van der Waals surface area contributed by atoms with Crippen LogP contribution in [-0.4, -0.2) is 42.0 Å². The normalized spacial score (nSPS) is 18.2. The number of aryl methyl sites for hydroxylation is 1. The van der Waals surface area contributed by atoms with Crippen LogP contribution < -0.4 is 5.32 Å². The number of thiazole rings is 1. The molecule has 0 atom stereocenters. The third kappa shape index (κ3) is 3.78. The van der Waals surface area contributed by atoms with E-state index in [1.165, 1.54) is 0 Å². The Bertz CT molecular complexity index is 383. The Kier molecular flexibility index (Phi) is 4.12. The molecule has 1 saturated heterocycles. The van der Waals surface area contributed by atoms with Gasteiger partial charge in [0.1, 0.15) is 0 Å². The van der Waals surface area contributed by atoms with Crippen LogP contribution in [0.1, 0.15) is 23.5 Å². The molecule has 1 fully saturated rings. The number of rotatable bonds is 3. The zero-order chi connectivity index (χ0) is 12.3. The van der Waals surface area contributed by atoms with E-state index in [0.717, 1.165) is 36.6 Å². The van der Waals surface area contributed by atoms with E-state index in [9.17, 15) is 4.79 Å². The summed E-state index contributed by atoms with van der Waals surface area (Å²) in [6.07, 6.45) is 2.52. The number of amides is 1. The van der Waals surface area contributed by atoms with Crippen molar-refractivity contribution in [3.63, 3.8) is 0 Å². The average Bonchev–Trinajstić information content (AvgIpc) is 2.67. The van der Waals surface area contributed by atoms with Crippen molar-refractivity contribution in [3.8, 4) is 0 Å². The first-order valence-electron chi connectivity index (χ1n) is 6.02. The fourth-order valence-corrected chi connectivity index (χ4v) is 2.70. The predicted molar refractivity (Wildman–Crippen MR) is 69.2 cm³/mol. The fourth-order valence-electron chi connectivity index (χ4n) is 2.09. The smallest absolute Gasteiger partial charge is 0.226 e. The molecule has 2 rings (SSSR count). The van der Waals surface area contributed by atoms with Crippen LogP contribution in [0, 0.1) is 6.92 Å². The van der Waals surface area contributed by atoms with E-state index in [2.05, 4.69) is 22.2 Å². The van der Waals surface area contributed by atoms with Crippen LogP contribution in [0.2, 0.25) is 0 Å². The molecule has 0 saturated carbocycles. The lowest BCUT2D eigenvalue weighted by molar-refractivity contribution is -0.121. The highest BCUT2D eigenvalue weighted by atomic mass is 32.1. The Balaban J connectivity index is 1.77. The third-order valence-electron chi connectivity index (χ3n) is 3.09. The maximum Gasteiger partial charge on any atom is 0.226 e. The molecule has 1 aromatic rings. The second-order valence-corrected chi connectivity index (χ2v) is 5.74. The summed E-state index contributed by atoms with van der Waals surface area (Å²) in [5.74, 6) is 0.102.